The summed E-state index contributed by atoms with van der Waals surface area (Å²) in [6.45, 7) is 0.566. The van der Waals surface area contributed by atoms with Crippen molar-refractivity contribution in [1.29, 1.82) is 0 Å². The Bertz CT molecular complexity index is 893. The highest BCUT2D eigenvalue weighted by Gasteiger charge is 2.04. The van der Waals surface area contributed by atoms with E-state index in [-0.39, 0.29) is 11.7 Å². The van der Waals surface area contributed by atoms with Crippen LogP contribution in [0.4, 0.5) is 4.39 Å². The lowest BCUT2D eigenvalue weighted by atomic mass is 10.2. The summed E-state index contributed by atoms with van der Waals surface area (Å²) in [7, 11) is 0. The number of nitrogens with one attached hydrogen (secondary N) is 1. The van der Waals surface area contributed by atoms with Crippen LogP contribution in [0.3, 0.4) is 0 Å². The van der Waals surface area contributed by atoms with Gasteiger partial charge in [-0.2, -0.15) is 0 Å². The third-order valence-corrected chi connectivity index (χ3v) is 4.58. The molecule has 0 unspecified atom stereocenters. The molecule has 0 radical (unpaired) electrons. The maximum atomic E-state index is 13.1. The Hall–Kier alpha value is -2.86. The summed E-state index contributed by atoms with van der Waals surface area (Å²) in [5.74, 6) is -0.506. The van der Waals surface area contributed by atoms with E-state index in [1.807, 2.05) is 17.5 Å². The van der Waals surface area contributed by atoms with Crippen LogP contribution < -0.4 is 5.32 Å². The number of aromatic nitrogens is 2. The maximum Gasteiger partial charge on any atom is 0.243 e. The average molecular weight is 367 g/mol. The molecule has 0 spiro atoms. The second-order valence-electron chi connectivity index (χ2n) is 5.65. The van der Waals surface area contributed by atoms with E-state index in [1.54, 1.807) is 41.9 Å². The van der Waals surface area contributed by atoms with Crippen LogP contribution in [0, 0.1) is 5.82 Å². The minimum atomic E-state index is -0.317. The fourth-order valence-electron chi connectivity index (χ4n) is 2.37. The van der Waals surface area contributed by atoms with Gasteiger partial charge in [-0.25, -0.2) is 9.37 Å². The monoisotopic (exact) mass is 367 g/mol. The topological polar surface area (TPSA) is 54.9 Å². The molecule has 2 aromatic heterocycles. The van der Waals surface area contributed by atoms with Crippen LogP contribution in [-0.4, -0.2) is 22.4 Å². The van der Waals surface area contributed by atoms with Crippen molar-refractivity contribution in [3.63, 3.8) is 0 Å². The normalized spacial score (nSPS) is 11.0. The molecule has 0 aliphatic rings. The summed E-state index contributed by atoms with van der Waals surface area (Å²) in [6, 6.07) is 9.98. The first-order valence-electron chi connectivity index (χ1n) is 8.27. The number of nitrogens with zero attached hydrogens (tertiary/aromatic N) is 2. The molecular formula is C20H18FN3OS. The number of hydrogen-bond donors (Lipinski definition) is 1. The highest BCUT2D eigenvalue weighted by atomic mass is 32.1. The first-order chi connectivity index (χ1) is 12.7. The van der Waals surface area contributed by atoms with Gasteiger partial charge < -0.3 is 5.32 Å². The molecule has 3 rings (SSSR count). The second-order valence-corrected chi connectivity index (χ2v) is 6.59. The molecule has 0 bridgehead atoms. The third-order valence-electron chi connectivity index (χ3n) is 3.67. The molecule has 2 heterocycles. The number of rotatable bonds is 7. The molecule has 0 fully saturated rings. The number of aryl methyl sites for hydroxylation is 1. The van der Waals surface area contributed by atoms with Gasteiger partial charge in [-0.15, -0.1) is 11.3 Å². The molecule has 0 aliphatic carbocycles. The number of thiazole rings is 1. The van der Waals surface area contributed by atoms with Crippen LogP contribution in [0.25, 0.3) is 17.3 Å². The molecule has 0 atom stereocenters. The number of pyridine rings is 1. The molecule has 4 nitrogen and oxygen atoms in total. The van der Waals surface area contributed by atoms with Crippen molar-refractivity contribution in [3.05, 3.63) is 76.6 Å². The quantitative estimate of drug-likeness (QED) is 0.505. The lowest BCUT2D eigenvalue weighted by Crippen LogP contribution is -2.22. The van der Waals surface area contributed by atoms with Gasteiger partial charge in [0.05, 0.1) is 10.7 Å². The first kappa shape index (κ1) is 17.9. The average Bonchev–Trinajstić information content (AvgIpc) is 3.13. The maximum absolute atomic E-state index is 13.1. The Labute approximate surface area is 155 Å². The molecule has 0 aliphatic heterocycles. The zero-order valence-corrected chi connectivity index (χ0v) is 14.9. The van der Waals surface area contributed by atoms with Crippen LogP contribution >= 0.6 is 11.3 Å². The van der Waals surface area contributed by atoms with E-state index in [4.69, 9.17) is 0 Å². The molecule has 6 heteroatoms. The second kappa shape index (κ2) is 9.01. The smallest absolute Gasteiger partial charge is 0.243 e. The Morgan fingerprint density at radius 3 is 2.88 bits per heavy atom. The van der Waals surface area contributed by atoms with Crippen LogP contribution in [0.15, 0.2) is 60.2 Å². The van der Waals surface area contributed by atoms with Gasteiger partial charge in [-0.1, -0.05) is 12.1 Å². The molecule has 1 N–H and O–H groups in total. The minimum absolute atomic E-state index is 0.189. The summed E-state index contributed by atoms with van der Waals surface area (Å²) in [6.07, 6.45) is 8.13. The molecule has 1 aromatic carbocycles. The number of benzene rings is 1. The number of carbonyl (C=O) groups is 1. The minimum Gasteiger partial charge on any atom is -0.353 e. The van der Waals surface area contributed by atoms with Crippen LogP contribution in [0.1, 0.15) is 17.0 Å². The van der Waals surface area contributed by atoms with Crippen molar-refractivity contribution in [2.24, 2.45) is 0 Å². The van der Waals surface area contributed by atoms with Crippen molar-refractivity contribution in [2.45, 2.75) is 12.8 Å². The summed E-state index contributed by atoms with van der Waals surface area (Å²) in [4.78, 5) is 20.4. The van der Waals surface area contributed by atoms with E-state index in [0.717, 1.165) is 29.1 Å². The van der Waals surface area contributed by atoms with Crippen molar-refractivity contribution < 1.29 is 9.18 Å². The van der Waals surface area contributed by atoms with E-state index >= 15 is 0 Å². The summed E-state index contributed by atoms with van der Waals surface area (Å²) in [5.41, 5.74) is 2.67. The fourth-order valence-corrected chi connectivity index (χ4v) is 3.22. The van der Waals surface area contributed by atoms with Crippen molar-refractivity contribution >= 4 is 23.3 Å². The first-order valence-corrected chi connectivity index (χ1v) is 9.15. The number of carbonyl (C=O) groups excluding carboxylic acids is 1. The molecule has 0 saturated heterocycles. The SMILES string of the molecule is O=C(C=Cc1cccc(F)c1)NCCCc1nc(-c2ccncc2)cs1. The van der Waals surface area contributed by atoms with Crippen molar-refractivity contribution in [1.82, 2.24) is 15.3 Å². The van der Waals surface area contributed by atoms with E-state index in [2.05, 4.69) is 15.3 Å². The van der Waals surface area contributed by atoms with Gasteiger partial charge in [-0.3, -0.25) is 9.78 Å². The summed E-state index contributed by atoms with van der Waals surface area (Å²) >= 11 is 1.62. The standard InChI is InChI=1S/C20H18FN3OS/c21-17-4-1-3-15(13-17)6-7-19(25)23-10-2-5-20-24-18(14-26-20)16-8-11-22-12-9-16/h1,3-4,6-9,11-14H,2,5,10H2,(H,23,25). The Balaban J connectivity index is 1.41. The summed E-state index contributed by atoms with van der Waals surface area (Å²) in [5, 5.41) is 5.90. The molecular weight excluding hydrogens is 349 g/mol. The number of amides is 1. The van der Waals surface area contributed by atoms with Gasteiger partial charge in [0.1, 0.15) is 5.82 Å². The molecule has 0 saturated carbocycles. The lowest BCUT2D eigenvalue weighted by molar-refractivity contribution is -0.116. The predicted molar refractivity (Wildman–Crippen MR) is 102 cm³/mol. The van der Waals surface area contributed by atoms with Gasteiger partial charge in [0.25, 0.3) is 0 Å². The number of halogens is 1. The van der Waals surface area contributed by atoms with Crippen molar-refractivity contribution in [3.8, 4) is 11.3 Å². The van der Waals surface area contributed by atoms with Crippen LogP contribution in [-0.2, 0) is 11.2 Å². The Morgan fingerprint density at radius 2 is 2.08 bits per heavy atom. The largest absolute Gasteiger partial charge is 0.353 e. The zero-order chi connectivity index (χ0) is 18.2. The highest BCUT2D eigenvalue weighted by Crippen LogP contribution is 2.21. The van der Waals surface area contributed by atoms with E-state index in [9.17, 15) is 9.18 Å². The highest BCUT2D eigenvalue weighted by molar-refractivity contribution is 7.09. The molecule has 3 aromatic rings. The molecule has 26 heavy (non-hydrogen) atoms. The van der Waals surface area contributed by atoms with E-state index in [0.29, 0.717) is 12.1 Å². The summed E-state index contributed by atoms with van der Waals surface area (Å²) < 4.78 is 13.1. The van der Waals surface area contributed by atoms with Gasteiger partial charge in [0, 0.05) is 42.4 Å². The van der Waals surface area contributed by atoms with Crippen molar-refractivity contribution in [2.75, 3.05) is 6.54 Å². The van der Waals surface area contributed by atoms with Gasteiger partial charge in [0.2, 0.25) is 5.91 Å². The van der Waals surface area contributed by atoms with Gasteiger partial charge in [0.15, 0.2) is 0 Å². The van der Waals surface area contributed by atoms with Crippen LogP contribution in [0.2, 0.25) is 0 Å². The van der Waals surface area contributed by atoms with Crippen LogP contribution in [0.5, 0.6) is 0 Å². The Morgan fingerprint density at radius 1 is 1.23 bits per heavy atom. The Kier molecular flexibility index (Phi) is 6.22. The molecule has 1 amide bonds. The zero-order valence-electron chi connectivity index (χ0n) is 14.1. The van der Waals surface area contributed by atoms with E-state index in [1.165, 1.54) is 18.2 Å². The van der Waals surface area contributed by atoms with Gasteiger partial charge >= 0.3 is 0 Å². The fraction of sp³-hybridized carbons (Fsp3) is 0.150. The predicted octanol–water partition coefficient (Wildman–Crippen LogP) is 4.11. The third kappa shape index (κ3) is 5.32. The van der Waals surface area contributed by atoms with Gasteiger partial charge in [-0.05, 0) is 42.3 Å². The molecule has 132 valence electrons. The lowest BCUT2D eigenvalue weighted by Gasteiger charge is -2.01. The number of hydrogen-bond acceptors (Lipinski definition) is 4. The van der Waals surface area contributed by atoms with E-state index < -0.39 is 0 Å².